The van der Waals surface area contributed by atoms with Gasteiger partial charge in [0.25, 0.3) is 5.78 Å². The van der Waals surface area contributed by atoms with Crippen molar-refractivity contribution in [3.8, 4) is 5.75 Å². The predicted molar refractivity (Wildman–Crippen MR) is 106 cm³/mol. The lowest BCUT2D eigenvalue weighted by atomic mass is 10.1. The molecule has 0 radical (unpaired) electrons. The molecule has 0 heterocycles. The molecule has 0 saturated carbocycles. The normalized spacial score (nSPS) is 10.5. The molecule has 0 aliphatic rings. The van der Waals surface area contributed by atoms with Gasteiger partial charge in [-0.15, -0.1) is 0 Å². The van der Waals surface area contributed by atoms with E-state index in [0.29, 0.717) is 45.2 Å². The highest BCUT2D eigenvalue weighted by molar-refractivity contribution is 6.40. The summed E-state index contributed by atoms with van der Waals surface area (Å²) in [4.78, 5) is 23.4. The van der Waals surface area contributed by atoms with Crippen molar-refractivity contribution in [2.75, 3.05) is 52.9 Å². The summed E-state index contributed by atoms with van der Waals surface area (Å²) in [5.74, 6) is -0.729. The third-order valence-corrected chi connectivity index (χ3v) is 3.67. The first-order valence-electron chi connectivity index (χ1n) is 9.45. The van der Waals surface area contributed by atoms with Gasteiger partial charge in [-0.1, -0.05) is 48.5 Å². The minimum atomic E-state index is -0.885. The molecular formula is C22H26O7. The Morgan fingerprint density at radius 2 is 1.07 bits per heavy atom. The van der Waals surface area contributed by atoms with Gasteiger partial charge in [0.05, 0.1) is 39.6 Å². The summed E-state index contributed by atoms with van der Waals surface area (Å²) < 4.78 is 26.5. The van der Waals surface area contributed by atoms with Crippen LogP contribution >= 0.6 is 0 Å². The molecule has 0 fully saturated rings. The van der Waals surface area contributed by atoms with E-state index in [9.17, 15) is 9.59 Å². The fourth-order valence-electron chi connectivity index (χ4n) is 2.24. The van der Waals surface area contributed by atoms with E-state index < -0.39 is 11.8 Å². The van der Waals surface area contributed by atoms with E-state index in [1.54, 1.807) is 30.3 Å². The Bertz CT molecular complexity index is 704. The smallest absolute Gasteiger partial charge is 0.379 e. The molecule has 0 unspecified atom stereocenters. The Hall–Kier alpha value is -2.74. The van der Waals surface area contributed by atoms with Crippen LogP contribution in [0.2, 0.25) is 0 Å². The van der Waals surface area contributed by atoms with Crippen LogP contribution in [0, 0.1) is 0 Å². The van der Waals surface area contributed by atoms with Crippen molar-refractivity contribution < 1.29 is 33.3 Å². The zero-order chi connectivity index (χ0) is 20.6. The molecular weight excluding hydrogens is 376 g/mol. The molecule has 0 aromatic heterocycles. The molecule has 2 aromatic rings. The molecule has 2 aromatic carbocycles. The van der Waals surface area contributed by atoms with E-state index in [1.165, 1.54) is 0 Å². The van der Waals surface area contributed by atoms with Crippen molar-refractivity contribution in [2.24, 2.45) is 0 Å². The number of ether oxygens (including phenoxy) is 5. The van der Waals surface area contributed by atoms with Crippen LogP contribution in [0.25, 0.3) is 0 Å². The van der Waals surface area contributed by atoms with Gasteiger partial charge in [0, 0.05) is 5.56 Å². The van der Waals surface area contributed by atoms with Crippen molar-refractivity contribution in [3.05, 3.63) is 66.2 Å². The first kappa shape index (κ1) is 22.5. The molecule has 0 aliphatic carbocycles. The largest absolute Gasteiger partial charge is 0.491 e. The molecule has 29 heavy (non-hydrogen) atoms. The molecule has 0 saturated heterocycles. The third kappa shape index (κ3) is 9.84. The number of hydrogen-bond acceptors (Lipinski definition) is 7. The molecule has 0 aliphatic heterocycles. The lowest BCUT2D eigenvalue weighted by Crippen LogP contribution is -2.20. The van der Waals surface area contributed by atoms with Gasteiger partial charge in [-0.05, 0) is 12.1 Å². The van der Waals surface area contributed by atoms with Gasteiger partial charge >= 0.3 is 5.97 Å². The van der Waals surface area contributed by atoms with Crippen molar-refractivity contribution in [1.29, 1.82) is 0 Å². The predicted octanol–water partition coefficient (Wildman–Crippen LogP) is 2.54. The molecule has 0 N–H and O–H groups in total. The minimum absolute atomic E-state index is 0.0158. The van der Waals surface area contributed by atoms with E-state index in [4.69, 9.17) is 23.7 Å². The Balaban J connectivity index is 1.35. The average Bonchev–Trinajstić information content (AvgIpc) is 2.77. The van der Waals surface area contributed by atoms with Crippen molar-refractivity contribution >= 4 is 11.8 Å². The van der Waals surface area contributed by atoms with Gasteiger partial charge in [0.2, 0.25) is 0 Å². The fraction of sp³-hybridized carbons (Fsp3) is 0.364. The summed E-state index contributed by atoms with van der Waals surface area (Å²) in [6.45, 7) is 2.88. The maximum atomic E-state index is 11.8. The molecule has 7 nitrogen and oxygen atoms in total. The quantitative estimate of drug-likeness (QED) is 0.196. The number of carbonyl (C=O) groups is 2. The number of ketones is 1. The summed E-state index contributed by atoms with van der Waals surface area (Å²) in [6.07, 6.45) is 0. The molecule has 156 valence electrons. The Morgan fingerprint density at radius 1 is 0.586 bits per heavy atom. The number of para-hydroxylation sites is 1. The van der Waals surface area contributed by atoms with E-state index in [-0.39, 0.29) is 13.2 Å². The van der Waals surface area contributed by atoms with Crippen LogP contribution in [0.4, 0.5) is 0 Å². The summed E-state index contributed by atoms with van der Waals surface area (Å²) in [7, 11) is 0. The van der Waals surface area contributed by atoms with Crippen LogP contribution in [0.5, 0.6) is 5.75 Å². The van der Waals surface area contributed by atoms with Crippen LogP contribution in [0.3, 0.4) is 0 Å². The van der Waals surface area contributed by atoms with Crippen molar-refractivity contribution in [2.45, 2.75) is 0 Å². The SMILES string of the molecule is O=C(OCCOCCOCCOCCOc1ccccc1)C(=O)c1ccccc1. The number of Topliss-reactive ketones (excluding diaryl/α,β-unsaturated/α-hetero) is 1. The molecule has 2 rings (SSSR count). The standard InChI is InChI=1S/C22H26O7/c23-21(19-7-3-1-4-8-19)22(24)29-18-16-27-14-12-25-11-13-26-15-17-28-20-9-5-2-6-10-20/h1-10H,11-18H2. The van der Waals surface area contributed by atoms with E-state index in [2.05, 4.69) is 0 Å². The van der Waals surface area contributed by atoms with E-state index in [1.807, 2.05) is 30.3 Å². The van der Waals surface area contributed by atoms with Crippen LogP contribution in [-0.4, -0.2) is 64.6 Å². The topological polar surface area (TPSA) is 80.3 Å². The van der Waals surface area contributed by atoms with Crippen LogP contribution in [0.1, 0.15) is 10.4 Å². The van der Waals surface area contributed by atoms with Gasteiger partial charge in [-0.25, -0.2) is 4.79 Å². The maximum absolute atomic E-state index is 11.8. The average molecular weight is 402 g/mol. The van der Waals surface area contributed by atoms with E-state index >= 15 is 0 Å². The highest BCUT2D eigenvalue weighted by Crippen LogP contribution is 2.07. The first-order chi connectivity index (χ1) is 14.3. The molecule has 0 atom stereocenters. The zero-order valence-corrected chi connectivity index (χ0v) is 16.3. The highest BCUT2D eigenvalue weighted by Gasteiger charge is 2.16. The molecule has 7 heteroatoms. The second-order valence-corrected chi connectivity index (χ2v) is 5.83. The first-order valence-corrected chi connectivity index (χ1v) is 9.45. The Morgan fingerprint density at radius 3 is 1.66 bits per heavy atom. The fourth-order valence-corrected chi connectivity index (χ4v) is 2.24. The molecule has 0 bridgehead atoms. The molecule has 0 spiro atoms. The van der Waals surface area contributed by atoms with Crippen molar-refractivity contribution in [1.82, 2.24) is 0 Å². The van der Waals surface area contributed by atoms with Gasteiger partial charge in [0.15, 0.2) is 0 Å². The summed E-state index contributed by atoms with van der Waals surface area (Å²) in [5, 5.41) is 0. The van der Waals surface area contributed by atoms with Gasteiger partial charge in [-0.2, -0.15) is 0 Å². The van der Waals surface area contributed by atoms with Crippen molar-refractivity contribution in [3.63, 3.8) is 0 Å². The Labute approximate surface area is 170 Å². The second-order valence-electron chi connectivity index (χ2n) is 5.83. The van der Waals surface area contributed by atoms with Gasteiger partial charge < -0.3 is 23.7 Å². The summed E-state index contributed by atoms with van der Waals surface area (Å²) >= 11 is 0. The maximum Gasteiger partial charge on any atom is 0.379 e. The minimum Gasteiger partial charge on any atom is -0.491 e. The Kier molecular flexibility index (Phi) is 11.1. The number of hydrogen-bond donors (Lipinski definition) is 0. The van der Waals surface area contributed by atoms with Crippen LogP contribution < -0.4 is 4.74 Å². The van der Waals surface area contributed by atoms with Gasteiger partial charge in [0.1, 0.15) is 19.0 Å². The summed E-state index contributed by atoms with van der Waals surface area (Å²) in [6, 6.07) is 17.8. The number of esters is 1. The number of rotatable bonds is 15. The number of carbonyl (C=O) groups excluding carboxylic acids is 2. The number of benzene rings is 2. The summed E-state index contributed by atoms with van der Waals surface area (Å²) in [5.41, 5.74) is 0.306. The van der Waals surface area contributed by atoms with E-state index in [0.717, 1.165) is 5.75 Å². The monoisotopic (exact) mass is 402 g/mol. The van der Waals surface area contributed by atoms with Gasteiger partial charge in [-0.3, -0.25) is 4.79 Å². The zero-order valence-electron chi connectivity index (χ0n) is 16.3. The van der Waals surface area contributed by atoms with Crippen LogP contribution in [-0.2, 0) is 23.7 Å². The second kappa shape index (κ2) is 14.3. The lowest BCUT2D eigenvalue weighted by molar-refractivity contribution is -0.139. The van der Waals surface area contributed by atoms with Crippen LogP contribution in [0.15, 0.2) is 60.7 Å². The third-order valence-electron chi connectivity index (χ3n) is 3.67. The molecule has 0 amide bonds. The lowest BCUT2D eigenvalue weighted by Gasteiger charge is -2.08. The highest BCUT2D eigenvalue weighted by atomic mass is 16.6.